The fraction of sp³-hybridized carbons (Fsp3) is 0.109. The van der Waals surface area contributed by atoms with Crippen LogP contribution in [0.2, 0.25) is 0 Å². The van der Waals surface area contributed by atoms with Gasteiger partial charge in [-0.1, -0.05) is 158 Å². The average Bonchev–Trinajstić information content (AvgIpc) is 3.59. The zero-order chi connectivity index (χ0) is 39.9. The number of para-hydroxylation sites is 2. The molecular weight excluding hydrogens is 719 g/mol. The van der Waals surface area contributed by atoms with Gasteiger partial charge in [0, 0.05) is 11.1 Å². The SMILES string of the molecule is C/C(=C\C(NC(N)c1ccccc1)c1ccc2c(c1)-c1c(-c3ccc(C#N)cc3)cccc1C21c2ccccc2Oc2ccccc21)C1=CCCC(c2ccccc2)=C1. The van der Waals surface area contributed by atoms with E-state index in [0.717, 1.165) is 57.7 Å². The van der Waals surface area contributed by atoms with Crippen molar-refractivity contribution in [2.45, 2.75) is 37.4 Å². The summed E-state index contributed by atoms with van der Waals surface area (Å²) in [5.74, 6) is 1.71. The van der Waals surface area contributed by atoms with Crippen molar-refractivity contribution in [1.82, 2.24) is 5.32 Å². The first-order valence-corrected chi connectivity index (χ1v) is 20.4. The standard InChI is InChI=1S/C55H43N3O/c1-36(41-18-12-19-42(33-41)38-14-4-2-5-15-38)32-50(58-54(57)40-16-6-3-7-17-40)43-30-31-46-45(34-43)53-44(39-28-26-37(35-56)27-29-39)20-13-23-49(53)55(46)47-21-8-10-24-51(47)59-52-25-11-9-22-48(52)55/h2-11,13-18,20-34,50,54,58H,12,19,57H2,1H3/b36-32+. The van der Waals surface area contributed by atoms with E-state index in [1.54, 1.807) is 0 Å². The van der Waals surface area contributed by atoms with Crippen molar-refractivity contribution in [2.24, 2.45) is 5.73 Å². The minimum atomic E-state index is -0.627. The highest BCUT2D eigenvalue weighted by molar-refractivity contribution is 5.96. The molecule has 2 unspecified atom stereocenters. The van der Waals surface area contributed by atoms with Crippen LogP contribution in [-0.4, -0.2) is 0 Å². The van der Waals surface area contributed by atoms with Crippen LogP contribution in [0.1, 0.15) is 76.5 Å². The Morgan fingerprint density at radius 2 is 1.34 bits per heavy atom. The number of hydrogen-bond donors (Lipinski definition) is 2. The number of nitriles is 1. The summed E-state index contributed by atoms with van der Waals surface area (Å²) in [6, 6.07) is 61.6. The van der Waals surface area contributed by atoms with Crippen LogP contribution in [0.4, 0.5) is 0 Å². The predicted molar refractivity (Wildman–Crippen MR) is 239 cm³/mol. The third-order valence-corrected chi connectivity index (χ3v) is 12.3. The van der Waals surface area contributed by atoms with E-state index in [-0.39, 0.29) is 6.04 Å². The van der Waals surface area contributed by atoms with Crippen molar-refractivity contribution >= 4 is 5.57 Å². The minimum Gasteiger partial charge on any atom is -0.457 e. The van der Waals surface area contributed by atoms with Crippen LogP contribution in [0.15, 0.2) is 199 Å². The van der Waals surface area contributed by atoms with E-state index < -0.39 is 11.6 Å². The number of nitrogens with two attached hydrogens (primary N) is 1. The lowest BCUT2D eigenvalue weighted by Crippen LogP contribution is -2.33. The number of fused-ring (bicyclic) bond motifs is 9. The zero-order valence-electron chi connectivity index (χ0n) is 32.9. The van der Waals surface area contributed by atoms with Crippen LogP contribution in [0.25, 0.3) is 27.8 Å². The molecule has 4 nitrogen and oxygen atoms in total. The molecule has 0 aromatic heterocycles. The molecule has 0 fully saturated rings. The van der Waals surface area contributed by atoms with Gasteiger partial charge in [0.1, 0.15) is 11.5 Å². The summed E-state index contributed by atoms with van der Waals surface area (Å²) in [6.45, 7) is 2.22. The Labute approximate surface area is 346 Å². The van der Waals surface area contributed by atoms with Crippen LogP contribution in [0.3, 0.4) is 0 Å². The zero-order valence-corrected chi connectivity index (χ0v) is 32.9. The number of ether oxygens (including phenoxy) is 1. The summed E-state index contributed by atoms with van der Waals surface area (Å²) in [4.78, 5) is 0. The normalized spacial score (nSPS) is 15.6. The summed E-state index contributed by atoms with van der Waals surface area (Å²) in [6.07, 6.45) is 8.66. The second-order valence-corrected chi connectivity index (χ2v) is 15.7. The van der Waals surface area contributed by atoms with Crippen LogP contribution in [0, 0.1) is 11.3 Å². The maximum atomic E-state index is 9.68. The van der Waals surface area contributed by atoms with Gasteiger partial charge in [0.15, 0.2) is 0 Å². The first-order chi connectivity index (χ1) is 29.0. The van der Waals surface area contributed by atoms with Crippen molar-refractivity contribution in [3.63, 3.8) is 0 Å². The molecule has 2 aliphatic carbocycles. The van der Waals surface area contributed by atoms with Crippen LogP contribution in [-0.2, 0) is 5.41 Å². The molecule has 10 rings (SSSR count). The van der Waals surface area contributed by atoms with Crippen molar-refractivity contribution in [3.05, 3.63) is 244 Å². The Morgan fingerprint density at radius 3 is 2.05 bits per heavy atom. The summed E-state index contributed by atoms with van der Waals surface area (Å²) >= 11 is 0. The molecule has 3 aliphatic rings. The van der Waals surface area contributed by atoms with Gasteiger partial charge < -0.3 is 10.5 Å². The van der Waals surface area contributed by atoms with Crippen LogP contribution >= 0.6 is 0 Å². The van der Waals surface area contributed by atoms with Crippen LogP contribution < -0.4 is 15.8 Å². The van der Waals surface area contributed by atoms with E-state index in [4.69, 9.17) is 10.5 Å². The van der Waals surface area contributed by atoms with E-state index in [0.29, 0.717) is 5.56 Å². The molecule has 1 aliphatic heterocycles. The monoisotopic (exact) mass is 761 g/mol. The molecule has 7 aromatic carbocycles. The van der Waals surface area contributed by atoms with Crippen molar-refractivity contribution in [2.75, 3.05) is 0 Å². The van der Waals surface area contributed by atoms with E-state index in [2.05, 4.69) is 164 Å². The van der Waals surface area contributed by atoms with Gasteiger partial charge in [-0.25, -0.2) is 0 Å². The Bertz CT molecular complexity index is 2820. The summed E-state index contributed by atoms with van der Waals surface area (Å²) < 4.78 is 6.65. The van der Waals surface area contributed by atoms with Crippen molar-refractivity contribution in [3.8, 4) is 39.8 Å². The number of allylic oxidation sites excluding steroid dienone is 5. The third-order valence-electron chi connectivity index (χ3n) is 12.3. The van der Waals surface area contributed by atoms with Gasteiger partial charge >= 0.3 is 0 Å². The van der Waals surface area contributed by atoms with Gasteiger partial charge in [0.05, 0.1) is 29.3 Å². The Balaban J connectivity index is 1.18. The molecule has 0 saturated heterocycles. The highest BCUT2D eigenvalue weighted by atomic mass is 16.5. The molecule has 2 atom stereocenters. The van der Waals surface area contributed by atoms with E-state index >= 15 is 0 Å². The van der Waals surface area contributed by atoms with Gasteiger partial charge in [-0.2, -0.15) is 5.26 Å². The molecule has 59 heavy (non-hydrogen) atoms. The number of nitrogens with one attached hydrogen (secondary N) is 1. The number of benzene rings is 7. The second-order valence-electron chi connectivity index (χ2n) is 15.7. The minimum absolute atomic E-state index is 0.219. The Morgan fingerprint density at radius 1 is 0.678 bits per heavy atom. The molecule has 4 heteroatoms. The molecular formula is C55H43N3O. The second kappa shape index (κ2) is 15.0. The largest absolute Gasteiger partial charge is 0.457 e. The maximum Gasteiger partial charge on any atom is 0.132 e. The lowest BCUT2D eigenvalue weighted by atomic mass is 9.66. The Kier molecular flexibility index (Phi) is 9.26. The molecule has 0 amide bonds. The molecule has 1 heterocycles. The van der Waals surface area contributed by atoms with E-state index in [1.165, 1.54) is 44.5 Å². The molecule has 7 aromatic rings. The predicted octanol–water partition coefficient (Wildman–Crippen LogP) is 12.7. The topological polar surface area (TPSA) is 71.1 Å². The lowest BCUT2D eigenvalue weighted by Gasteiger charge is -2.39. The van der Waals surface area contributed by atoms with Gasteiger partial charge in [0.25, 0.3) is 0 Å². The quantitative estimate of drug-likeness (QED) is 0.151. The third kappa shape index (κ3) is 6.24. The smallest absolute Gasteiger partial charge is 0.132 e. The molecule has 3 N–H and O–H groups in total. The number of nitrogens with zero attached hydrogens (tertiary/aromatic N) is 1. The molecule has 1 spiro atoms. The molecule has 0 bridgehead atoms. The fourth-order valence-electron chi connectivity index (χ4n) is 9.52. The highest BCUT2D eigenvalue weighted by Gasteiger charge is 2.51. The first-order valence-electron chi connectivity index (χ1n) is 20.4. The van der Waals surface area contributed by atoms with Gasteiger partial charge in [-0.3, -0.25) is 5.32 Å². The average molecular weight is 762 g/mol. The van der Waals surface area contributed by atoms with Gasteiger partial charge in [-0.05, 0) is 117 Å². The lowest BCUT2D eigenvalue weighted by molar-refractivity contribution is 0.436. The number of rotatable bonds is 8. The number of hydrogen-bond acceptors (Lipinski definition) is 4. The molecule has 0 saturated carbocycles. The van der Waals surface area contributed by atoms with Crippen LogP contribution in [0.5, 0.6) is 11.5 Å². The van der Waals surface area contributed by atoms with Crippen molar-refractivity contribution < 1.29 is 4.74 Å². The summed E-state index contributed by atoms with van der Waals surface area (Å²) in [5.41, 5.74) is 23.4. The molecule has 0 radical (unpaired) electrons. The van der Waals surface area contributed by atoms with Gasteiger partial charge in [-0.15, -0.1) is 0 Å². The summed E-state index contributed by atoms with van der Waals surface area (Å²) in [5, 5.41) is 13.5. The first kappa shape index (κ1) is 36.3. The highest BCUT2D eigenvalue weighted by Crippen LogP contribution is 2.63. The molecule has 284 valence electrons. The fourth-order valence-corrected chi connectivity index (χ4v) is 9.52. The Hall–Kier alpha value is -7.03. The van der Waals surface area contributed by atoms with E-state index in [9.17, 15) is 5.26 Å². The summed E-state index contributed by atoms with van der Waals surface area (Å²) in [7, 11) is 0. The maximum absolute atomic E-state index is 9.68. The van der Waals surface area contributed by atoms with Crippen molar-refractivity contribution in [1.29, 1.82) is 5.26 Å². The van der Waals surface area contributed by atoms with E-state index in [1.807, 2.05) is 42.5 Å². The van der Waals surface area contributed by atoms with Gasteiger partial charge in [0.2, 0.25) is 0 Å².